The van der Waals surface area contributed by atoms with Gasteiger partial charge in [0.2, 0.25) is 0 Å². The zero-order valence-corrected chi connectivity index (χ0v) is 15.8. The fourth-order valence-corrected chi connectivity index (χ4v) is 4.83. The lowest BCUT2D eigenvalue weighted by atomic mass is 9.96. The van der Waals surface area contributed by atoms with Crippen molar-refractivity contribution in [2.45, 2.75) is 43.8 Å². The summed E-state index contributed by atoms with van der Waals surface area (Å²) in [6, 6.07) is 8.80. The highest BCUT2D eigenvalue weighted by Crippen LogP contribution is 2.40. The number of rotatable bonds is 4. The van der Waals surface area contributed by atoms with Crippen molar-refractivity contribution in [2.75, 3.05) is 10.2 Å². The Hall–Kier alpha value is -3.60. The fraction of sp³-hybridized carbons (Fsp3) is 0.333. The van der Waals surface area contributed by atoms with Crippen LogP contribution in [0.25, 0.3) is 11.0 Å². The number of carbonyl (C=O) groups excluding carboxylic acids is 1. The normalized spacial score (nSPS) is 23.1. The minimum atomic E-state index is -0.481. The Kier molecular flexibility index (Phi) is 4.09. The van der Waals surface area contributed by atoms with Crippen LogP contribution in [0.1, 0.15) is 41.6 Å². The fourth-order valence-electron chi connectivity index (χ4n) is 4.83. The number of nitriles is 1. The van der Waals surface area contributed by atoms with Gasteiger partial charge in [-0.3, -0.25) is 4.79 Å². The van der Waals surface area contributed by atoms with Crippen LogP contribution in [0.2, 0.25) is 0 Å². The van der Waals surface area contributed by atoms with Gasteiger partial charge in [-0.25, -0.2) is 9.97 Å². The number of pyridine rings is 2. The Morgan fingerprint density at radius 3 is 2.66 bits per heavy atom. The quantitative estimate of drug-likeness (QED) is 0.632. The summed E-state index contributed by atoms with van der Waals surface area (Å²) in [6.45, 7) is 0. The zero-order valence-electron chi connectivity index (χ0n) is 15.8. The van der Waals surface area contributed by atoms with Crippen molar-refractivity contribution in [2.24, 2.45) is 5.73 Å². The number of carbonyl (C=O) groups is 1. The van der Waals surface area contributed by atoms with E-state index in [0.29, 0.717) is 23.2 Å². The maximum atomic E-state index is 12.0. The van der Waals surface area contributed by atoms with E-state index < -0.39 is 5.91 Å². The molecule has 2 fully saturated rings. The number of anilines is 2. The van der Waals surface area contributed by atoms with E-state index in [0.717, 1.165) is 48.2 Å². The van der Waals surface area contributed by atoms with Crippen molar-refractivity contribution >= 4 is 28.4 Å². The molecule has 5 rings (SSSR count). The summed E-state index contributed by atoms with van der Waals surface area (Å²) in [4.78, 5) is 26.2. The predicted octanol–water partition coefficient (Wildman–Crippen LogP) is 2.54. The Morgan fingerprint density at radius 1 is 1.21 bits per heavy atom. The summed E-state index contributed by atoms with van der Waals surface area (Å²) in [5.41, 5.74) is 8.09. The maximum Gasteiger partial charge on any atom is 0.252 e. The van der Waals surface area contributed by atoms with Crippen LogP contribution in [0.4, 0.5) is 11.5 Å². The van der Waals surface area contributed by atoms with Crippen molar-refractivity contribution in [3.63, 3.8) is 0 Å². The molecule has 2 aliphatic heterocycles. The number of H-pyrrole nitrogens is 1. The third-order valence-corrected chi connectivity index (χ3v) is 6.08. The van der Waals surface area contributed by atoms with Gasteiger partial charge in [-0.1, -0.05) is 0 Å². The first-order chi connectivity index (χ1) is 14.1. The van der Waals surface area contributed by atoms with Gasteiger partial charge in [0.05, 0.1) is 16.8 Å². The SMILES string of the molecule is N#Cc1ccc(N2[C@@H]3CC[C@H]2C[C@@H](Nc2c(C(N)=O)cnc4[nH]ccc24)C3)nc1. The summed E-state index contributed by atoms with van der Waals surface area (Å²) in [5, 5.41) is 13.5. The highest BCUT2D eigenvalue weighted by Gasteiger charge is 2.41. The van der Waals surface area contributed by atoms with Crippen molar-refractivity contribution in [1.29, 1.82) is 5.26 Å². The zero-order chi connectivity index (χ0) is 20.0. The van der Waals surface area contributed by atoms with Gasteiger partial charge in [0, 0.05) is 42.1 Å². The number of nitrogens with zero attached hydrogens (tertiary/aromatic N) is 4. The molecule has 2 saturated heterocycles. The van der Waals surface area contributed by atoms with Gasteiger partial charge in [-0.15, -0.1) is 0 Å². The van der Waals surface area contributed by atoms with Gasteiger partial charge >= 0.3 is 0 Å². The maximum absolute atomic E-state index is 12.0. The second-order valence-corrected chi connectivity index (χ2v) is 7.77. The van der Waals surface area contributed by atoms with E-state index in [4.69, 9.17) is 11.0 Å². The summed E-state index contributed by atoms with van der Waals surface area (Å²) in [5.74, 6) is 0.454. The Labute approximate surface area is 167 Å². The number of nitrogens with one attached hydrogen (secondary N) is 2. The average molecular weight is 387 g/mol. The van der Waals surface area contributed by atoms with Crippen molar-refractivity contribution in [3.8, 4) is 6.07 Å². The highest BCUT2D eigenvalue weighted by molar-refractivity contribution is 6.06. The van der Waals surface area contributed by atoms with Crippen LogP contribution >= 0.6 is 0 Å². The molecule has 146 valence electrons. The third-order valence-electron chi connectivity index (χ3n) is 6.08. The molecule has 0 radical (unpaired) electrons. The number of hydrogen-bond donors (Lipinski definition) is 3. The molecule has 5 heterocycles. The Morgan fingerprint density at radius 2 is 2.00 bits per heavy atom. The van der Waals surface area contributed by atoms with Crippen LogP contribution < -0.4 is 16.0 Å². The lowest BCUT2D eigenvalue weighted by Crippen LogP contribution is -2.47. The van der Waals surface area contributed by atoms with Crippen molar-refractivity contribution < 1.29 is 4.79 Å². The molecule has 3 atom stereocenters. The predicted molar refractivity (Wildman–Crippen MR) is 109 cm³/mol. The molecule has 1 amide bonds. The molecule has 4 N–H and O–H groups in total. The van der Waals surface area contributed by atoms with Crippen LogP contribution in [-0.4, -0.2) is 39.0 Å². The van der Waals surface area contributed by atoms with E-state index in [1.165, 1.54) is 6.20 Å². The molecule has 3 aromatic heterocycles. The first kappa shape index (κ1) is 17.5. The Balaban J connectivity index is 1.40. The van der Waals surface area contributed by atoms with E-state index in [9.17, 15) is 4.79 Å². The van der Waals surface area contributed by atoms with E-state index >= 15 is 0 Å². The number of primary amides is 1. The van der Waals surface area contributed by atoms with Crippen LogP contribution in [0.5, 0.6) is 0 Å². The molecule has 0 aliphatic carbocycles. The minimum Gasteiger partial charge on any atom is -0.381 e. The van der Waals surface area contributed by atoms with Crippen LogP contribution in [0.15, 0.2) is 36.8 Å². The van der Waals surface area contributed by atoms with Gasteiger partial charge in [-0.05, 0) is 43.9 Å². The molecule has 3 aromatic rings. The minimum absolute atomic E-state index is 0.237. The van der Waals surface area contributed by atoms with Gasteiger partial charge in [-0.2, -0.15) is 5.26 Å². The topological polar surface area (TPSA) is 124 Å². The largest absolute Gasteiger partial charge is 0.381 e. The molecule has 2 aliphatic rings. The molecule has 2 bridgehead atoms. The van der Waals surface area contributed by atoms with E-state index in [-0.39, 0.29) is 6.04 Å². The van der Waals surface area contributed by atoms with Crippen molar-refractivity contribution in [3.05, 3.63) is 47.9 Å². The average Bonchev–Trinajstić information content (AvgIpc) is 3.31. The summed E-state index contributed by atoms with van der Waals surface area (Å²) in [7, 11) is 0. The molecule has 0 saturated carbocycles. The Bertz CT molecular complexity index is 1100. The molecular formula is C21H21N7O. The lowest BCUT2D eigenvalue weighted by molar-refractivity contribution is 0.100. The number of hydrogen-bond acceptors (Lipinski definition) is 6. The second kappa shape index (κ2) is 6.78. The summed E-state index contributed by atoms with van der Waals surface area (Å²) >= 11 is 0. The number of piperidine rings is 1. The molecular weight excluding hydrogens is 366 g/mol. The molecule has 8 heteroatoms. The van der Waals surface area contributed by atoms with E-state index in [1.54, 1.807) is 6.20 Å². The highest BCUT2D eigenvalue weighted by atomic mass is 16.1. The van der Waals surface area contributed by atoms with Gasteiger partial charge in [0.25, 0.3) is 5.91 Å². The first-order valence-electron chi connectivity index (χ1n) is 9.81. The van der Waals surface area contributed by atoms with Gasteiger partial charge < -0.3 is 20.9 Å². The van der Waals surface area contributed by atoms with Gasteiger partial charge in [0.1, 0.15) is 17.5 Å². The lowest BCUT2D eigenvalue weighted by Gasteiger charge is -2.40. The van der Waals surface area contributed by atoms with Crippen LogP contribution in [0.3, 0.4) is 0 Å². The molecule has 0 unspecified atom stereocenters. The smallest absolute Gasteiger partial charge is 0.252 e. The van der Waals surface area contributed by atoms with Gasteiger partial charge in [0.15, 0.2) is 0 Å². The first-order valence-corrected chi connectivity index (χ1v) is 9.81. The molecule has 0 spiro atoms. The molecule has 8 nitrogen and oxygen atoms in total. The summed E-state index contributed by atoms with van der Waals surface area (Å²) < 4.78 is 0. The molecule has 0 aromatic carbocycles. The number of nitrogens with two attached hydrogens (primary N) is 1. The monoisotopic (exact) mass is 387 g/mol. The number of aromatic nitrogens is 3. The number of fused-ring (bicyclic) bond motifs is 3. The second-order valence-electron chi connectivity index (χ2n) is 7.77. The van der Waals surface area contributed by atoms with Crippen LogP contribution in [0, 0.1) is 11.3 Å². The standard InChI is InChI=1S/C21H21N7O/c22-9-12-1-4-18(25-10-12)28-14-2-3-15(28)8-13(7-14)27-19-16-5-6-24-21(16)26-11-17(19)20(23)29/h1,4-6,10-11,13-15H,2-3,7-8H2,(H2,23,29)(H2,24,26,27)/t13-,14+,15-. The number of aromatic amines is 1. The number of amides is 1. The van der Waals surface area contributed by atoms with E-state index in [1.807, 2.05) is 24.4 Å². The van der Waals surface area contributed by atoms with E-state index in [2.05, 4.69) is 31.2 Å². The van der Waals surface area contributed by atoms with Crippen molar-refractivity contribution in [1.82, 2.24) is 15.0 Å². The third kappa shape index (κ3) is 2.95. The van der Waals surface area contributed by atoms with Crippen LogP contribution in [-0.2, 0) is 0 Å². The molecule has 29 heavy (non-hydrogen) atoms. The summed E-state index contributed by atoms with van der Waals surface area (Å²) in [6.07, 6.45) is 9.11.